The Morgan fingerprint density at radius 1 is 0.508 bits per heavy atom. The van der Waals surface area contributed by atoms with Crippen LogP contribution in [-0.4, -0.2) is 142 Å². The van der Waals surface area contributed by atoms with Gasteiger partial charge in [-0.05, 0) is 50.7 Å². The van der Waals surface area contributed by atoms with Gasteiger partial charge in [-0.2, -0.15) is 0 Å². The lowest BCUT2D eigenvalue weighted by Crippen LogP contribution is -2.61. The molecule has 15 nitrogen and oxygen atoms in total. The summed E-state index contributed by atoms with van der Waals surface area (Å²) in [5, 5.41) is 72.0. The van der Waals surface area contributed by atoms with Crippen molar-refractivity contribution in [2.24, 2.45) is 0 Å². The second-order valence-electron chi connectivity index (χ2n) is 18.1. The molecule has 0 aromatic heterocycles. The third kappa shape index (κ3) is 26.4. The largest absolute Gasteiger partial charge is 0.462 e. The minimum Gasteiger partial charge on any atom is -0.462 e. The number of allylic oxidation sites excluding steroid dienone is 1. The predicted molar refractivity (Wildman–Crippen MR) is 246 cm³/mol. The molecule has 11 atom stereocenters. The van der Waals surface area contributed by atoms with Gasteiger partial charge < -0.3 is 64.2 Å². The number of aliphatic hydroxyl groups is 7. The molecule has 0 aliphatic carbocycles. The molecule has 4 unspecified atom stereocenters. The molecule has 0 radical (unpaired) electrons. The zero-order valence-corrected chi connectivity index (χ0v) is 40.0. The monoisotopic (exact) mass is 931 g/mol. The molecule has 2 aliphatic heterocycles. The Kier molecular flexibility index (Phi) is 34.5. The summed E-state index contributed by atoms with van der Waals surface area (Å²) >= 11 is 0. The Morgan fingerprint density at radius 3 is 1.42 bits per heavy atom. The van der Waals surface area contributed by atoms with E-state index in [1.807, 2.05) is 0 Å². The van der Waals surface area contributed by atoms with E-state index in [1.54, 1.807) is 0 Å². The number of ether oxygens (including phenoxy) is 6. The first kappa shape index (κ1) is 59.1. The number of aliphatic hydroxyl groups excluding tert-OH is 7. The lowest BCUT2D eigenvalue weighted by atomic mass is 9.98. The lowest BCUT2D eigenvalue weighted by Gasteiger charge is -2.42. The fraction of sp³-hybridized carbons (Fsp3) is 0.900. The first-order valence-corrected chi connectivity index (χ1v) is 25.5. The summed E-state index contributed by atoms with van der Waals surface area (Å²) < 4.78 is 33.5. The molecule has 15 heteroatoms. The predicted octanol–water partition coefficient (Wildman–Crippen LogP) is 6.76. The first-order valence-electron chi connectivity index (χ1n) is 25.5. The minimum atomic E-state index is -1.76. The van der Waals surface area contributed by atoms with Gasteiger partial charge in [-0.3, -0.25) is 9.59 Å². The molecule has 0 aromatic carbocycles. The van der Waals surface area contributed by atoms with Crippen molar-refractivity contribution in [1.29, 1.82) is 0 Å². The SMILES string of the molecule is CCCCCCCC=C=CCCCCCCCC(=O)OC[C@H](CO[C@@H]1O[C@H](CO[C@@H]2O[C@H](CO)[C@H](O)C(O)C2O)[C@H](O)C(O)C1O)OC(=O)CCCCCCCCCCCCCCCC. The second kappa shape index (κ2) is 37.9. The number of carbonyl (C=O) groups excluding carboxylic acids is 2. The van der Waals surface area contributed by atoms with Crippen LogP contribution in [0.4, 0.5) is 0 Å². The maximum absolute atomic E-state index is 13.0. The van der Waals surface area contributed by atoms with Gasteiger partial charge in [-0.25, -0.2) is 0 Å². The number of hydrogen-bond acceptors (Lipinski definition) is 15. The molecule has 380 valence electrons. The second-order valence-corrected chi connectivity index (χ2v) is 18.1. The highest BCUT2D eigenvalue weighted by atomic mass is 16.7. The Bertz CT molecular complexity index is 1240. The third-order valence-electron chi connectivity index (χ3n) is 12.3. The van der Waals surface area contributed by atoms with Crippen LogP contribution in [0.1, 0.15) is 194 Å². The molecule has 2 rings (SSSR count). The van der Waals surface area contributed by atoms with Crippen LogP contribution in [-0.2, 0) is 38.0 Å². The van der Waals surface area contributed by atoms with Crippen molar-refractivity contribution in [1.82, 2.24) is 0 Å². The summed E-state index contributed by atoms with van der Waals surface area (Å²) in [5.41, 5.74) is 3.29. The molecule has 0 aromatic rings. The molecule has 65 heavy (non-hydrogen) atoms. The quantitative estimate of drug-likeness (QED) is 0.0192. The van der Waals surface area contributed by atoms with Crippen molar-refractivity contribution in [3.05, 3.63) is 17.9 Å². The van der Waals surface area contributed by atoms with Gasteiger partial charge in [-0.15, -0.1) is 5.73 Å². The number of esters is 2. The van der Waals surface area contributed by atoms with Gasteiger partial charge in [0.25, 0.3) is 0 Å². The lowest BCUT2D eigenvalue weighted by molar-refractivity contribution is -0.332. The topological polar surface area (TPSA) is 231 Å². The van der Waals surface area contributed by atoms with Gasteiger partial charge in [0.2, 0.25) is 0 Å². The van der Waals surface area contributed by atoms with Crippen LogP contribution < -0.4 is 0 Å². The standard InChI is InChI=1S/C50H90O15/c1-3-5-7-9-11-13-15-17-19-21-22-24-26-28-30-32-41(52)60-35-38(63-42(53)33-31-29-27-25-23-20-18-16-14-12-10-8-6-4-2)36-61-49-48(59)46(57)44(55)40(65-49)37-62-50-47(58)45(56)43(54)39(34-51)64-50/h15,19,38-40,43-51,54-59H,3-14,16,18,20-37H2,1-2H3/t17?,38-,39-,40-,43+,44+,45?,46?,47?,48?,49-,50-/m1/s1. The van der Waals surface area contributed by atoms with Crippen molar-refractivity contribution in [3.8, 4) is 0 Å². The zero-order valence-electron chi connectivity index (χ0n) is 40.0. The van der Waals surface area contributed by atoms with Crippen molar-refractivity contribution in [2.75, 3.05) is 26.4 Å². The zero-order chi connectivity index (χ0) is 47.5. The average Bonchev–Trinajstić information content (AvgIpc) is 3.30. The molecule has 0 bridgehead atoms. The average molecular weight is 931 g/mol. The Morgan fingerprint density at radius 2 is 0.923 bits per heavy atom. The molecule has 2 aliphatic rings. The van der Waals surface area contributed by atoms with Crippen molar-refractivity contribution < 1.29 is 73.8 Å². The van der Waals surface area contributed by atoms with Crippen LogP contribution in [0.25, 0.3) is 0 Å². The van der Waals surface area contributed by atoms with E-state index in [1.165, 1.54) is 96.3 Å². The van der Waals surface area contributed by atoms with Crippen molar-refractivity contribution in [3.63, 3.8) is 0 Å². The fourth-order valence-corrected chi connectivity index (χ4v) is 8.02. The molecule has 0 saturated carbocycles. The van der Waals surface area contributed by atoms with Gasteiger partial charge in [0, 0.05) is 12.8 Å². The number of carbonyl (C=O) groups is 2. The molecular formula is C50H90O15. The van der Waals surface area contributed by atoms with E-state index in [9.17, 15) is 45.3 Å². The Labute approximate surface area is 390 Å². The first-order chi connectivity index (χ1) is 31.5. The summed E-state index contributed by atoms with van der Waals surface area (Å²) in [7, 11) is 0. The van der Waals surface area contributed by atoms with Crippen LogP contribution in [0, 0.1) is 0 Å². The van der Waals surface area contributed by atoms with Crippen LogP contribution >= 0.6 is 0 Å². The van der Waals surface area contributed by atoms with Crippen LogP contribution in [0.5, 0.6) is 0 Å². The number of rotatable bonds is 39. The van der Waals surface area contributed by atoms with E-state index in [2.05, 4.69) is 31.7 Å². The summed E-state index contributed by atoms with van der Waals surface area (Å²) in [6, 6.07) is 0. The normalized spacial score (nSPS) is 26.0. The third-order valence-corrected chi connectivity index (χ3v) is 12.3. The summed E-state index contributed by atoms with van der Waals surface area (Å²) in [6.45, 7) is 2.56. The Hall–Kier alpha value is -1.98. The van der Waals surface area contributed by atoms with Crippen molar-refractivity contribution in [2.45, 2.75) is 261 Å². The maximum atomic E-state index is 13.0. The van der Waals surface area contributed by atoms with Crippen LogP contribution in [0.3, 0.4) is 0 Å². The molecule has 2 saturated heterocycles. The van der Waals surface area contributed by atoms with Crippen LogP contribution in [0.2, 0.25) is 0 Å². The van der Waals surface area contributed by atoms with Gasteiger partial charge in [0.05, 0.1) is 19.8 Å². The molecule has 0 amide bonds. The highest BCUT2D eigenvalue weighted by Crippen LogP contribution is 2.26. The van der Waals surface area contributed by atoms with Crippen LogP contribution in [0.15, 0.2) is 17.9 Å². The van der Waals surface area contributed by atoms with Crippen molar-refractivity contribution >= 4 is 11.9 Å². The van der Waals surface area contributed by atoms with Gasteiger partial charge in [0.1, 0.15) is 55.4 Å². The van der Waals surface area contributed by atoms with Gasteiger partial charge >= 0.3 is 11.9 Å². The van der Waals surface area contributed by atoms with E-state index >= 15 is 0 Å². The van der Waals surface area contributed by atoms with E-state index in [-0.39, 0.29) is 26.1 Å². The molecule has 2 fully saturated rings. The summed E-state index contributed by atoms with van der Waals surface area (Å²) in [5.74, 6) is -0.939. The fourth-order valence-electron chi connectivity index (χ4n) is 8.02. The summed E-state index contributed by atoms with van der Waals surface area (Å²) in [6.07, 6.45) is 17.3. The smallest absolute Gasteiger partial charge is 0.306 e. The van der Waals surface area contributed by atoms with E-state index < -0.39 is 92.7 Å². The molecule has 0 spiro atoms. The highest BCUT2D eigenvalue weighted by Gasteiger charge is 2.47. The van der Waals surface area contributed by atoms with E-state index in [4.69, 9.17) is 28.4 Å². The highest BCUT2D eigenvalue weighted by molar-refractivity contribution is 5.70. The summed E-state index contributed by atoms with van der Waals surface area (Å²) in [4.78, 5) is 25.7. The van der Waals surface area contributed by atoms with Gasteiger partial charge in [0.15, 0.2) is 18.7 Å². The minimum absolute atomic E-state index is 0.165. The maximum Gasteiger partial charge on any atom is 0.306 e. The van der Waals surface area contributed by atoms with Gasteiger partial charge in [-0.1, -0.05) is 142 Å². The molecule has 7 N–H and O–H groups in total. The molecule has 2 heterocycles. The van der Waals surface area contributed by atoms with E-state index in [0.717, 1.165) is 57.8 Å². The Balaban J connectivity index is 1.82. The van der Waals surface area contributed by atoms with E-state index in [0.29, 0.717) is 12.8 Å². The number of unbranched alkanes of at least 4 members (excludes halogenated alkanes) is 23. The number of hydrogen-bond donors (Lipinski definition) is 7. The molecular weight excluding hydrogens is 841 g/mol.